The molecular weight excluding hydrogens is 278 g/mol. The lowest BCUT2D eigenvalue weighted by atomic mass is 10.1. The van der Waals surface area contributed by atoms with Gasteiger partial charge in [0.05, 0.1) is 22.7 Å². The number of carbonyl (C=O) groups excluding carboxylic acids is 1. The number of nitrogens with zero attached hydrogens (tertiary/aromatic N) is 3. The Labute approximate surface area is 119 Å². The number of non-ortho nitro benzene ring substituents is 1. The summed E-state index contributed by atoms with van der Waals surface area (Å²) in [6.07, 6.45) is 0. The van der Waals surface area contributed by atoms with Crippen LogP contribution in [0.3, 0.4) is 0 Å². The zero-order chi connectivity index (χ0) is 14.5. The molecule has 0 radical (unpaired) electrons. The maximum absolute atomic E-state index is 12.0. The first kappa shape index (κ1) is 14.3. The van der Waals surface area contributed by atoms with Gasteiger partial charge in [0, 0.05) is 29.6 Å². The van der Waals surface area contributed by atoms with Gasteiger partial charge < -0.3 is 0 Å². The van der Waals surface area contributed by atoms with E-state index in [4.69, 9.17) is 0 Å². The highest BCUT2D eigenvalue weighted by Crippen LogP contribution is 2.13. The summed E-state index contributed by atoms with van der Waals surface area (Å²) in [7, 11) is 1.84. The minimum Gasteiger partial charge on any atom is -0.293 e. The highest BCUT2D eigenvalue weighted by molar-refractivity contribution is 7.07. The number of likely N-dealkylation sites (N-methyl/N-ethyl adjacent to an activating group) is 1. The summed E-state index contributed by atoms with van der Waals surface area (Å²) in [6.45, 7) is 0.845. The van der Waals surface area contributed by atoms with Crippen molar-refractivity contribution in [3.63, 3.8) is 0 Å². The number of rotatable bonds is 6. The van der Waals surface area contributed by atoms with Gasteiger partial charge in [-0.05, 0) is 19.2 Å². The van der Waals surface area contributed by atoms with Crippen molar-refractivity contribution in [2.24, 2.45) is 0 Å². The van der Waals surface area contributed by atoms with Crippen molar-refractivity contribution in [2.45, 2.75) is 6.54 Å². The molecule has 0 atom stereocenters. The van der Waals surface area contributed by atoms with Crippen LogP contribution in [0.1, 0.15) is 16.1 Å². The van der Waals surface area contributed by atoms with Crippen LogP contribution < -0.4 is 0 Å². The molecule has 1 heterocycles. The van der Waals surface area contributed by atoms with Crippen molar-refractivity contribution in [3.05, 3.63) is 56.5 Å². The second kappa shape index (κ2) is 6.36. The van der Waals surface area contributed by atoms with E-state index < -0.39 is 4.92 Å². The van der Waals surface area contributed by atoms with Crippen LogP contribution in [0.25, 0.3) is 0 Å². The summed E-state index contributed by atoms with van der Waals surface area (Å²) in [5, 5.41) is 12.5. The number of ketones is 1. The molecule has 0 spiro atoms. The molecule has 1 aromatic heterocycles. The van der Waals surface area contributed by atoms with Crippen molar-refractivity contribution in [2.75, 3.05) is 13.6 Å². The molecule has 104 valence electrons. The van der Waals surface area contributed by atoms with Crippen molar-refractivity contribution in [1.82, 2.24) is 9.88 Å². The average Bonchev–Trinajstić information content (AvgIpc) is 2.91. The molecule has 0 N–H and O–H groups in total. The number of thiazole rings is 1. The average molecular weight is 291 g/mol. The molecule has 20 heavy (non-hydrogen) atoms. The van der Waals surface area contributed by atoms with Gasteiger partial charge in [0.1, 0.15) is 0 Å². The number of benzene rings is 1. The fraction of sp³-hybridized carbons (Fsp3) is 0.231. The first-order chi connectivity index (χ1) is 9.56. The van der Waals surface area contributed by atoms with Crippen LogP contribution in [-0.2, 0) is 6.54 Å². The van der Waals surface area contributed by atoms with Crippen LogP contribution in [0.4, 0.5) is 5.69 Å². The van der Waals surface area contributed by atoms with Gasteiger partial charge in [-0.3, -0.25) is 19.8 Å². The van der Waals surface area contributed by atoms with Crippen molar-refractivity contribution < 1.29 is 9.72 Å². The van der Waals surface area contributed by atoms with Gasteiger partial charge >= 0.3 is 0 Å². The Morgan fingerprint density at radius 1 is 1.40 bits per heavy atom. The predicted octanol–water partition coefficient (Wildman–Crippen LogP) is 2.37. The van der Waals surface area contributed by atoms with E-state index in [-0.39, 0.29) is 18.0 Å². The molecule has 0 amide bonds. The molecule has 0 aliphatic rings. The van der Waals surface area contributed by atoms with Gasteiger partial charge in [0.2, 0.25) is 0 Å². The summed E-state index contributed by atoms with van der Waals surface area (Å²) in [5.41, 5.74) is 3.13. The Kier molecular flexibility index (Phi) is 4.54. The smallest absolute Gasteiger partial charge is 0.269 e. The normalized spacial score (nSPS) is 10.7. The summed E-state index contributed by atoms with van der Waals surface area (Å²) in [6, 6.07) is 5.65. The number of hydrogen-bond donors (Lipinski definition) is 0. The van der Waals surface area contributed by atoms with E-state index in [9.17, 15) is 14.9 Å². The molecule has 7 heteroatoms. The molecule has 0 fully saturated rings. The van der Waals surface area contributed by atoms with E-state index in [1.165, 1.54) is 35.6 Å². The number of nitro benzene ring substituents is 1. The van der Waals surface area contributed by atoms with Gasteiger partial charge in [0.15, 0.2) is 5.78 Å². The molecular formula is C13H13N3O3S. The summed E-state index contributed by atoms with van der Waals surface area (Å²) >= 11 is 1.51. The molecule has 1 aromatic carbocycles. The summed E-state index contributed by atoms with van der Waals surface area (Å²) < 4.78 is 0. The molecule has 6 nitrogen and oxygen atoms in total. The lowest BCUT2D eigenvalue weighted by molar-refractivity contribution is -0.384. The fourth-order valence-electron chi connectivity index (χ4n) is 1.75. The Morgan fingerprint density at radius 3 is 2.65 bits per heavy atom. The highest BCUT2D eigenvalue weighted by Gasteiger charge is 2.12. The SMILES string of the molecule is CN(CC(=O)c1ccc([N+](=O)[O-])cc1)Cc1cscn1. The maximum atomic E-state index is 12.0. The van der Waals surface area contributed by atoms with Gasteiger partial charge in [-0.15, -0.1) is 11.3 Å². The first-order valence-corrected chi connectivity index (χ1v) is 6.84. The van der Waals surface area contributed by atoms with Gasteiger partial charge in [-0.1, -0.05) is 0 Å². The molecule has 0 aliphatic heterocycles. The van der Waals surface area contributed by atoms with Crippen LogP contribution in [0.2, 0.25) is 0 Å². The summed E-state index contributed by atoms with van der Waals surface area (Å²) in [5.74, 6) is -0.0716. The van der Waals surface area contributed by atoms with Crippen molar-refractivity contribution >= 4 is 22.8 Å². The molecule has 0 bridgehead atoms. The second-order valence-corrected chi connectivity index (χ2v) is 5.10. The third-order valence-corrected chi connectivity index (χ3v) is 3.36. The maximum Gasteiger partial charge on any atom is 0.269 e. The van der Waals surface area contributed by atoms with Gasteiger partial charge in [-0.25, -0.2) is 4.98 Å². The van der Waals surface area contributed by atoms with Crippen LogP contribution in [0.15, 0.2) is 35.2 Å². The Hall–Kier alpha value is -2.12. The second-order valence-electron chi connectivity index (χ2n) is 4.38. The largest absolute Gasteiger partial charge is 0.293 e. The van der Waals surface area contributed by atoms with Gasteiger partial charge in [-0.2, -0.15) is 0 Å². The zero-order valence-corrected chi connectivity index (χ0v) is 11.7. The van der Waals surface area contributed by atoms with Crippen LogP contribution >= 0.6 is 11.3 Å². The van der Waals surface area contributed by atoms with E-state index in [1.807, 2.05) is 17.3 Å². The molecule has 2 rings (SSSR count). The third kappa shape index (κ3) is 3.69. The van der Waals surface area contributed by atoms with E-state index in [0.29, 0.717) is 12.1 Å². The molecule has 0 saturated heterocycles. The molecule has 0 aliphatic carbocycles. The highest BCUT2D eigenvalue weighted by atomic mass is 32.1. The first-order valence-electron chi connectivity index (χ1n) is 5.89. The minimum absolute atomic E-state index is 0.0163. The molecule has 0 unspecified atom stereocenters. The lowest BCUT2D eigenvalue weighted by Crippen LogP contribution is -2.25. The standard InChI is InChI=1S/C13H13N3O3S/c1-15(6-11-8-20-9-14-11)7-13(17)10-2-4-12(5-3-10)16(18)19/h2-5,8-9H,6-7H2,1H3. The van der Waals surface area contributed by atoms with Crippen molar-refractivity contribution in [3.8, 4) is 0 Å². The Balaban J connectivity index is 1.95. The number of Topliss-reactive ketones (excluding diaryl/α,β-unsaturated/α-hetero) is 1. The van der Waals surface area contributed by atoms with Crippen LogP contribution in [0.5, 0.6) is 0 Å². The Bertz CT molecular complexity index is 596. The predicted molar refractivity (Wildman–Crippen MR) is 75.9 cm³/mol. The number of aromatic nitrogens is 1. The minimum atomic E-state index is -0.484. The fourth-order valence-corrected chi connectivity index (χ4v) is 2.30. The van der Waals surface area contributed by atoms with E-state index in [1.54, 1.807) is 5.51 Å². The van der Waals surface area contributed by atoms with E-state index >= 15 is 0 Å². The summed E-state index contributed by atoms with van der Waals surface area (Å²) in [4.78, 5) is 28.1. The van der Waals surface area contributed by atoms with E-state index in [0.717, 1.165) is 5.69 Å². The zero-order valence-electron chi connectivity index (χ0n) is 10.9. The van der Waals surface area contributed by atoms with E-state index in [2.05, 4.69) is 4.98 Å². The quantitative estimate of drug-likeness (QED) is 0.464. The van der Waals surface area contributed by atoms with Gasteiger partial charge in [0.25, 0.3) is 5.69 Å². The van der Waals surface area contributed by atoms with Crippen molar-refractivity contribution in [1.29, 1.82) is 0 Å². The van der Waals surface area contributed by atoms with Crippen LogP contribution in [0, 0.1) is 10.1 Å². The number of hydrogen-bond acceptors (Lipinski definition) is 6. The molecule has 2 aromatic rings. The monoisotopic (exact) mass is 291 g/mol. The third-order valence-electron chi connectivity index (χ3n) is 2.73. The number of nitro groups is 1. The number of carbonyl (C=O) groups is 1. The van der Waals surface area contributed by atoms with Crippen LogP contribution in [-0.4, -0.2) is 34.2 Å². The lowest BCUT2D eigenvalue weighted by Gasteiger charge is -2.14. The Morgan fingerprint density at radius 2 is 2.10 bits per heavy atom. The topological polar surface area (TPSA) is 76.3 Å². The molecule has 0 saturated carbocycles.